The number of hydrogen-bond acceptors (Lipinski definition) is 3. The molecule has 0 spiro atoms. The van der Waals surface area contributed by atoms with Gasteiger partial charge in [0.05, 0.1) is 0 Å². The van der Waals surface area contributed by atoms with E-state index in [9.17, 15) is 0 Å². The van der Waals surface area contributed by atoms with Crippen LogP contribution in [-0.2, 0) is 6.42 Å². The molecule has 15 heavy (non-hydrogen) atoms. The van der Waals surface area contributed by atoms with Crippen molar-refractivity contribution in [1.29, 1.82) is 0 Å². The van der Waals surface area contributed by atoms with Gasteiger partial charge in [-0.1, -0.05) is 6.07 Å². The van der Waals surface area contributed by atoms with Gasteiger partial charge in [0.15, 0.2) is 0 Å². The second-order valence-electron chi connectivity index (χ2n) is 3.47. The fourth-order valence-corrected chi connectivity index (χ4v) is 2.20. The van der Waals surface area contributed by atoms with E-state index in [1.807, 2.05) is 18.3 Å². The van der Waals surface area contributed by atoms with Crippen LogP contribution in [0, 0.1) is 11.8 Å². The Hall–Kier alpha value is -0.820. The van der Waals surface area contributed by atoms with Crippen molar-refractivity contribution in [2.24, 2.45) is 5.84 Å². The zero-order valence-corrected chi connectivity index (χ0v) is 9.94. The van der Waals surface area contributed by atoms with Crippen LogP contribution in [-0.4, -0.2) is 6.04 Å². The molecule has 0 aromatic carbocycles. The van der Waals surface area contributed by atoms with Crippen molar-refractivity contribution < 1.29 is 0 Å². The summed E-state index contributed by atoms with van der Waals surface area (Å²) in [6.45, 7) is 1.86. The van der Waals surface area contributed by atoms with Crippen LogP contribution in [0.5, 0.6) is 0 Å². The van der Waals surface area contributed by atoms with Crippen molar-refractivity contribution in [3.05, 3.63) is 22.4 Å². The van der Waals surface area contributed by atoms with E-state index in [4.69, 9.17) is 5.84 Å². The topological polar surface area (TPSA) is 38.0 Å². The summed E-state index contributed by atoms with van der Waals surface area (Å²) in [5.41, 5.74) is 2.82. The Morgan fingerprint density at radius 3 is 3.07 bits per heavy atom. The van der Waals surface area contributed by atoms with Crippen LogP contribution in [0.15, 0.2) is 17.5 Å². The summed E-state index contributed by atoms with van der Waals surface area (Å²) in [7, 11) is 0. The molecule has 0 amide bonds. The van der Waals surface area contributed by atoms with Gasteiger partial charge in [-0.2, -0.15) is 0 Å². The van der Waals surface area contributed by atoms with Gasteiger partial charge in [0, 0.05) is 17.3 Å². The predicted octanol–water partition coefficient (Wildman–Crippen LogP) is 2.32. The van der Waals surface area contributed by atoms with Gasteiger partial charge in [0.1, 0.15) is 0 Å². The normalized spacial score (nSPS) is 11.9. The van der Waals surface area contributed by atoms with Gasteiger partial charge >= 0.3 is 0 Å². The highest BCUT2D eigenvalue weighted by Crippen LogP contribution is 2.13. The molecule has 3 heteroatoms. The molecule has 0 saturated carbocycles. The molecule has 82 valence electrons. The summed E-state index contributed by atoms with van der Waals surface area (Å²) in [5, 5.41) is 2.12. The largest absolute Gasteiger partial charge is 0.271 e. The standard InChI is InChI=1S/C12H18N2S/c1-2-3-6-11(14-13)7-4-8-12-9-5-10-15-12/h5,9-11,14H,4,6-8,13H2,1H3. The summed E-state index contributed by atoms with van der Waals surface area (Å²) in [6, 6.07) is 4.61. The molecule has 0 fully saturated rings. The number of aryl methyl sites for hydroxylation is 1. The number of hydrazine groups is 1. The van der Waals surface area contributed by atoms with E-state index in [-0.39, 0.29) is 0 Å². The minimum atomic E-state index is 0.331. The van der Waals surface area contributed by atoms with Crippen LogP contribution >= 0.6 is 11.3 Å². The molecule has 1 aromatic heterocycles. The molecule has 0 radical (unpaired) electrons. The van der Waals surface area contributed by atoms with Crippen LogP contribution in [0.1, 0.15) is 31.1 Å². The molecule has 1 heterocycles. The molecule has 0 aliphatic carbocycles. The zero-order valence-electron chi connectivity index (χ0n) is 9.12. The van der Waals surface area contributed by atoms with Crippen LogP contribution < -0.4 is 11.3 Å². The zero-order chi connectivity index (χ0) is 10.9. The predicted molar refractivity (Wildman–Crippen MR) is 66.4 cm³/mol. The summed E-state index contributed by atoms with van der Waals surface area (Å²) in [4.78, 5) is 1.45. The average molecular weight is 222 g/mol. The molecule has 0 aliphatic rings. The minimum absolute atomic E-state index is 0.331. The van der Waals surface area contributed by atoms with E-state index in [2.05, 4.69) is 34.8 Å². The van der Waals surface area contributed by atoms with Crippen molar-refractivity contribution in [2.75, 3.05) is 0 Å². The van der Waals surface area contributed by atoms with Gasteiger partial charge < -0.3 is 0 Å². The van der Waals surface area contributed by atoms with Gasteiger partial charge in [0.2, 0.25) is 0 Å². The van der Waals surface area contributed by atoms with Gasteiger partial charge in [0.25, 0.3) is 0 Å². The third-order valence-corrected chi connectivity index (χ3v) is 3.25. The van der Waals surface area contributed by atoms with Crippen LogP contribution in [0.25, 0.3) is 0 Å². The lowest BCUT2D eigenvalue weighted by Crippen LogP contribution is -2.34. The van der Waals surface area contributed by atoms with Gasteiger partial charge in [-0.05, 0) is 37.6 Å². The Balaban J connectivity index is 2.18. The first kappa shape index (κ1) is 12.3. The average Bonchev–Trinajstić information content (AvgIpc) is 2.76. The Morgan fingerprint density at radius 2 is 2.47 bits per heavy atom. The first-order valence-corrected chi connectivity index (χ1v) is 6.13. The van der Waals surface area contributed by atoms with Gasteiger partial charge in [-0.15, -0.1) is 23.2 Å². The van der Waals surface area contributed by atoms with Crippen molar-refractivity contribution in [3.8, 4) is 11.8 Å². The Bertz CT molecular complexity index is 308. The third kappa shape index (κ3) is 4.98. The van der Waals surface area contributed by atoms with Crippen molar-refractivity contribution in [3.63, 3.8) is 0 Å². The number of rotatable bonds is 6. The molecule has 1 rings (SSSR count). The third-order valence-electron chi connectivity index (χ3n) is 2.32. The molecule has 1 atom stereocenters. The summed E-state index contributed by atoms with van der Waals surface area (Å²) in [5.74, 6) is 11.4. The number of hydrogen-bond donors (Lipinski definition) is 2. The van der Waals surface area contributed by atoms with Crippen molar-refractivity contribution in [2.45, 2.75) is 38.6 Å². The molecule has 0 bridgehead atoms. The summed E-state index contributed by atoms with van der Waals surface area (Å²) < 4.78 is 0. The highest BCUT2D eigenvalue weighted by molar-refractivity contribution is 7.09. The summed E-state index contributed by atoms with van der Waals surface area (Å²) >= 11 is 1.82. The quantitative estimate of drug-likeness (QED) is 0.440. The molecule has 1 aromatic rings. The SMILES string of the molecule is CC#CCC(CCCc1cccs1)NN. The Labute approximate surface area is 95.9 Å². The Kier molecular flexibility index (Phi) is 6.10. The van der Waals surface area contributed by atoms with Crippen molar-refractivity contribution >= 4 is 11.3 Å². The molecule has 3 N–H and O–H groups in total. The second-order valence-corrected chi connectivity index (χ2v) is 4.50. The van der Waals surface area contributed by atoms with Gasteiger partial charge in [-0.3, -0.25) is 11.3 Å². The van der Waals surface area contributed by atoms with Crippen molar-refractivity contribution in [1.82, 2.24) is 5.43 Å². The lowest BCUT2D eigenvalue weighted by atomic mass is 10.1. The fourth-order valence-electron chi connectivity index (χ4n) is 1.45. The maximum atomic E-state index is 5.46. The monoisotopic (exact) mass is 222 g/mol. The first-order chi connectivity index (χ1) is 7.36. The molecule has 1 unspecified atom stereocenters. The maximum Gasteiger partial charge on any atom is 0.0320 e. The van der Waals surface area contributed by atoms with E-state index >= 15 is 0 Å². The van der Waals surface area contributed by atoms with Crippen LogP contribution in [0.3, 0.4) is 0 Å². The highest BCUT2D eigenvalue weighted by atomic mass is 32.1. The smallest absolute Gasteiger partial charge is 0.0320 e. The second kappa shape index (κ2) is 7.47. The fraction of sp³-hybridized carbons (Fsp3) is 0.500. The lowest BCUT2D eigenvalue weighted by molar-refractivity contribution is 0.488. The van der Waals surface area contributed by atoms with E-state index in [1.165, 1.54) is 11.3 Å². The molecular formula is C12H18N2S. The molecule has 2 nitrogen and oxygen atoms in total. The molecular weight excluding hydrogens is 204 g/mol. The minimum Gasteiger partial charge on any atom is -0.271 e. The van der Waals surface area contributed by atoms with E-state index in [1.54, 1.807) is 0 Å². The van der Waals surface area contributed by atoms with Crippen LogP contribution in [0.2, 0.25) is 0 Å². The maximum absolute atomic E-state index is 5.46. The number of nitrogens with two attached hydrogens (primary N) is 1. The number of nitrogens with one attached hydrogen (secondary N) is 1. The first-order valence-electron chi connectivity index (χ1n) is 5.25. The highest BCUT2D eigenvalue weighted by Gasteiger charge is 2.04. The van der Waals surface area contributed by atoms with Gasteiger partial charge in [-0.25, -0.2) is 0 Å². The molecule has 0 saturated heterocycles. The summed E-state index contributed by atoms with van der Waals surface area (Å²) in [6.07, 6.45) is 4.25. The van der Waals surface area contributed by atoms with E-state index in [0.717, 1.165) is 19.3 Å². The molecule has 0 aliphatic heterocycles. The van der Waals surface area contributed by atoms with E-state index in [0.29, 0.717) is 6.04 Å². The van der Waals surface area contributed by atoms with Crippen LogP contribution in [0.4, 0.5) is 0 Å². The number of thiophene rings is 1. The van der Waals surface area contributed by atoms with E-state index < -0.39 is 0 Å². The lowest BCUT2D eigenvalue weighted by Gasteiger charge is -2.11. The Morgan fingerprint density at radius 1 is 1.60 bits per heavy atom.